The molecule has 1 amide bonds. The van der Waals surface area contributed by atoms with Crippen LogP contribution in [0.2, 0.25) is 0 Å². The molecule has 0 aliphatic carbocycles. The first-order valence-corrected chi connectivity index (χ1v) is 6.97. The molecule has 0 aromatic heterocycles. The molecule has 2 rings (SSSR count). The molecular weight excluding hydrogens is 254 g/mol. The second-order valence-electron chi connectivity index (χ2n) is 5.51. The van der Waals surface area contributed by atoms with E-state index in [4.69, 9.17) is 4.74 Å². The SMILES string of the molecule is CCOC(=O)CC1(c2ccc(C)c(C)c2)CNC(=O)C1. The van der Waals surface area contributed by atoms with Crippen LogP contribution in [0.25, 0.3) is 0 Å². The summed E-state index contributed by atoms with van der Waals surface area (Å²) in [7, 11) is 0. The van der Waals surface area contributed by atoms with Gasteiger partial charge in [0.1, 0.15) is 0 Å². The van der Waals surface area contributed by atoms with Gasteiger partial charge in [-0.2, -0.15) is 0 Å². The number of amides is 1. The van der Waals surface area contributed by atoms with Crippen molar-refractivity contribution in [1.29, 1.82) is 0 Å². The number of aryl methyl sites for hydroxylation is 2. The lowest BCUT2D eigenvalue weighted by molar-refractivity contribution is -0.144. The van der Waals surface area contributed by atoms with Crippen molar-refractivity contribution < 1.29 is 14.3 Å². The van der Waals surface area contributed by atoms with E-state index in [9.17, 15) is 9.59 Å². The van der Waals surface area contributed by atoms with Crippen LogP contribution in [0.1, 0.15) is 36.5 Å². The maximum atomic E-state index is 11.9. The molecule has 1 aliphatic rings. The summed E-state index contributed by atoms with van der Waals surface area (Å²) in [5, 5.41) is 2.84. The van der Waals surface area contributed by atoms with E-state index < -0.39 is 5.41 Å². The smallest absolute Gasteiger partial charge is 0.306 e. The van der Waals surface area contributed by atoms with Gasteiger partial charge in [0.25, 0.3) is 0 Å². The quantitative estimate of drug-likeness (QED) is 0.855. The number of esters is 1. The summed E-state index contributed by atoms with van der Waals surface area (Å²) in [6.45, 7) is 6.74. The van der Waals surface area contributed by atoms with Crippen LogP contribution in [0.15, 0.2) is 18.2 Å². The third-order valence-corrected chi connectivity index (χ3v) is 4.03. The molecular formula is C16H21NO3. The Morgan fingerprint density at radius 2 is 2.10 bits per heavy atom. The molecule has 1 aliphatic heterocycles. The van der Waals surface area contributed by atoms with Gasteiger partial charge in [0.05, 0.1) is 13.0 Å². The molecule has 1 aromatic carbocycles. The number of hydrogen-bond donors (Lipinski definition) is 1. The van der Waals surface area contributed by atoms with Gasteiger partial charge in [-0.05, 0) is 37.5 Å². The molecule has 1 aromatic rings. The average Bonchev–Trinajstić information content (AvgIpc) is 2.75. The number of hydrogen-bond acceptors (Lipinski definition) is 3. The standard InChI is InChI=1S/C16H21NO3/c1-4-20-15(19)9-16(8-14(18)17-10-16)13-6-5-11(2)12(3)7-13/h5-7H,4,8-10H2,1-3H3,(H,17,18). The Labute approximate surface area is 119 Å². The van der Waals surface area contributed by atoms with Gasteiger partial charge in [0.2, 0.25) is 5.91 Å². The van der Waals surface area contributed by atoms with Crippen LogP contribution in [0.4, 0.5) is 0 Å². The van der Waals surface area contributed by atoms with Crippen LogP contribution < -0.4 is 5.32 Å². The second kappa shape index (κ2) is 5.65. The number of carbonyl (C=O) groups is 2. The molecule has 1 saturated heterocycles. The summed E-state index contributed by atoms with van der Waals surface area (Å²) < 4.78 is 5.06. The van der Waals surface area contributed by atoms with E-state index in [1.165, 1.54) is 11.1 Å². The lowest BCUT2D eigenvalue weighted by atomic mass is 9.76. The minimum Gasteiger partial charge on any atom is -0.466 e. The number of carbonyl (C=O) groups excluding carboxylic acids is 2. The monoisotopic (exact) mass is 275 g/mol. The third kappa shape index (κ3) is 2.84. The molecule has 108 valence electrons. The van der Waals surface area contributed by atoms with E-state index in [0.29, 0.717) is 19.6 Å². The van der Waals surface area contributed by atoms with E-state index in [-0.39, 0.29) is 18.3 Å². The molecule has 1 heterocycles. The predicted molar refractivity (Wildman–Crippen MR) is 76.5 cm³/mol. The van der Waals surface area contributed by atoms with Crippen LogP contribution in [-0.4, -0.2) is 25.0 Å². The Morgan fingerprint density at radius 1 is 1.35 bits per heavy atom. The minimum absolute atomic E-state index is 0.00692. The Hall–Kier alpha value is -1.84. The molecule has 4 nitrogen and oxygen atoms in total. The van der Waals surface area contributed by atoms with Gasteiger partial charge in [-0.15, -0.1) is 0 Å². The van der Waals surface area contributed by atoms with E-state index >= 15 is 0 Å². The highest BCUT2D eigenvalue weighted by Crippen LogP contribution is 2.36. The third-order valence-electron chi connectivity index (χ3n) is 4.03. The summed E-state index contributed by atoms with van der Waals surface area (Å²) in [6.07, 6.45) is 0.580. The zero-order chi connectivity index (χ0) is 14.8. The summed E-state index contributed by atoms with van der Waals surface area (Å²) in [5.74, 6) is -0.255. The van der Waals surface area contributed by atoms with Crippen LogP contribution in [0.5, 0.6) is 0 Å². The lowest BCUT2D eigenvalue weighted by Crippen LogP contribution is -2.32. The Bertz CT molecular complexity index is 539. The van der Waals surface area contributed by atoms with Gasteiger partial charge >= 0.3 is 5.97 Å². The second-order valence-corrected chi connectivity index (χ2v) is 5.51. The zero-order valence-corrected chi connectivity index (χ0v) is 12.3. The van der Waals surface area contributed by atoms with Crippen LogP contribution in [0.3, 0.4) is 0 Å². The van der Waals surface area contributed by atoms with Crippen molar-refractivity contribution in [2.75, 3.05) is 13.2 Å². The van der Waals surface area contributed by atoms with Crippen LogP contribution >= 0.6 is 0 Å². The van der Waals surface area contributed by atoms with Crippen molar-refractivity contribution in [3.05, 3.63) is 34.9 Å². The van der Waals surface area contributed by atoms with E-state index in [1.54, 1.807) is 6.92 Å². The van der Waals surface area contributed by atoms with Gasteiger partial charge in [-0.1, -0.05) is 18.2 Å². The highest BCUT2D eigenvalue weighted by atomic mass is 16.5. The summed E-state index contributed by atoms with van der Waals surface area (Å²) in [4.78, 5) is 23.5. The molecule has 4 heteroatoms. The highest BCUT2D eigenvalue weighted by molar-refractivity contribution is 5.83. The first kappa shape index (κ1) is 14.6. The molecule has 0 radical (unpaired) electrons. The molecule has 0 spiro atoms. The molecule has 1 atom stereocenters. The fourth-order valence-corrected chi connectivity index (χ4v) is 2.69. The van der Waals surface area contributed by atoms with Crippen molar-refractivity contribution >= 4 is 11.9 Å². The lowest BCUT2D eigenvalue weighted by Gasteiger charge is -2.27. The van der Waals surface area contributed by atoms with Crippen molar-refractivity contribution in [3.63, 3.8) is 0 Å². The summed E-state index contributed by atoms with van der Waals surface area (Å²) in [6, 6.07) is 6.14. The molecule has 0 bridgehead atoms. The molecule has 0 saturated carbocycles. The van der Waals surface area contributed by atoms with Gasteiger partial charge < -0.3 is 10.1 Å². The Balaban J connectivity index is 2.34. The van der Waals surface area contributed by atoms with Crippen molar-refractivity contribution in [3.8, 4) is 0 Å². The average molecular weight is 275 g/mol. The summed E-state index contributed by atoms with van der Waals surface area (Å²) in [5.41, 5.74) is 2.94. The zero-order valence-electron chi connectivity index (χ0n) is 12.3. The molecule has 20 heavy (non-hydrogen) atoms. The van der Waals surface area contributed by atoms with Gasteiger partial charge in [0.15, 0.2) is 0 Å². The normalized spacial score (nSPS) is 21.6. The number of benzene rings is 1. The minimum atomic E-state index is -0.470. The topological polar surface area (TPSA) is 55.4 Å². The van der Waals surface area contributed by atoms with Gasteiger partial charge in [-0.3, -0.25) is 9.59 Å². The fraction of sp³-hybridized carbons (Fsp3) is 0.500. The van der Waals surface area contributed by atoms with E-state index in [0.717, 1.165) is 5.56 Å². The first-order valence-electron chi connectivity index (χ1n) is 6.97. The summed E-state index contributed by atoms with van der Waals surface area (Å²) >= 11 is 0. The predicted octanol–water partition coefficient (Wildman–Crippen LogP) is 2.01. The van der Waals surface area contributed by atoms with Crippen molar-refractivity contribution in [2.45, 2.75) is 39.0 Å². The fourth-order valence-electron chi connectivity index (χ4n) is 2.69. The Kier molecular flexibility index (Phi) is 4.12. The largest absolute Gasteiger partial charge is 0.466 e. The van der Waals surface area contributed by atoms with E-state index in [2.05, 4.69) is 18.3 Å². The van der Waals surface area contributed by atoms with Gasteiger partial charge in [0, 0.05) is 18.4 Å². The first-order chi connectivity index (χ1) is 9.47. The van der Waals surface area contributed by atoms with Crippen molar-refractivity contribution in [1.82, 2.24) is 5.32 Å². The molecule has 1 fully saturated rings. The van der Waals surface area contributed by atoms with Crippen molar-refractivity contribution in [2.24, 2.45) is 0 Å². The van der Waals surface area contributed by atoms with Crippen LogP contribution in [0, 0.1) is 13.8 Å². The molecule has 1 unspecified atom stereocenters. The molecule has 1 N–H and O–H groups in total. The van der Waals surface area contributed by atoms with E-state index in [1.807, 2.05) is 19.1 Å². The maximum absolute atomic E-state index is 11.9. The Morgan fingerprint density at radius 3 is 2.65 bits per heavy atom. The van der Waals surface area contributed by atoms with Crippen LogP contribution in [-0.2, 0) is 19.7 Å². The highest BCUT2D eigenvalue weighted by Gasteiger charge is 2.42. The number of ether oxygens (including phenoxy) is 1. The maximum Gasteiger partial charge on any atom is 0.306 e. The number of nitrogens with one attached hydrogen (secondary N) is 1. The number of rotatable bonds is 4. The van der Waals surface area contributed by atoms with Gasteiger partial charge in [-0.25, -0.2) is 0 Å².